The van der Waals surface area contributed by atoms with Gasteiger partial charge in [0.15, 0.2) is 6.10 Å². The molecule has 0 aromatic heterocycles. The third-order valence-corrected chi connectivity index (χ3v) is 3.23. The van der Waals surface area contributed by atoms with Gasteiger partial charge in [-0.25, -0.2) is 4.39 Å². The Labute approximate surface area is 132 Å². The van der Waals surface area contributed by atoms with Gasteiger partial charge < -0.3 is 14.8 Å². The summed E-state index contributed by atoms with van der Waals surface area (Å²) in [5, 5.41) is 2.65. The maximum Gasteiger partial charge on any atom is 0.265 e. The molecular weight excluding hydrogens is 309 g/mol. The van der Waals surface area contributed by atoms with Gasteiger partial charge in [0.2, 0.25) is 0 Å². The number of carbonyl (C=O) groups is 1. The van der Waals surface area contributed by atoms with Crippen LogP contribution < -0.4 is 14.8 Å². The first kappa shape index (κ1) is 16.1. The standard InChI is InChI=1S/C16H15ClFNO3/c1-10(22-11-7-8-13(18)12(17)9-11)16(20)19-14-5-3-4-6-15(14)21-2/h3-10H,1-2H3,(H,19,20)/t10-/m1/s1. The predicted molar refractivity (Wildman–Crippen MR) is 83.1 cm³/mol. The van der Waals surface area contributed by atoms with Crippen molar-refractivity contribution >= 4 is 23.2 Å². The zero-order valence-corrected chi connectivity index (χ0v) is 12.9. The van der Waals surface area contributed by atoms with Crippen LogP contribution in [-0.2, 0) is 4.79 Å². The average Bonchev–Trinajstić information content (AvgIpc) is 2.51. The van der Waals surface area contributed by atoms with Gasteiger partial charge in [0, 0.05) is 6.07 Å². The van der Waals surface area contributed by atoms with E-state index in [9.17, 15) is 9.18 Å². The molecule has 2 rings (SSSR count). The molecule has 0 aliphatic rings. The Bertz CT molecular complexity index is 678. The summed E-state index contributed by atoms with van der Waals surface area (Å²) >= 11 is 5.67. The molecule has 0 aliphatic heterocycles. The molecule has 0 fully saturated rings. The molecule has 1 amide bonds. The lowest BCUT2D eigenvalue weighted by atomic mass is 10.2. The molecule has 0 bridgehead atoms. The van der Waals surface area contributed by atoms with Gasteiger partial charge in [0.05, 0.1) is 17.8 Å². The van der Waals surface area contributed by atoms with Crippen LogP contribution in [0.4, 0.5) is 10.1 Å². The number of benzene rings is 2. The van der Waals surface area contributed by atoms with E-state index in [4.69, 9.17) is 21.1 Å². The van der Waals surface area contributed by atoms with E-state index >= 15 is 0 Å². The molecule has 0 spiro atoms. The van der Waals surface area contributed by atoms with Crippen molar-refractivity contribution in [2.24, 2.45) is 0 Å². The Kier molecular flexibility index (Phi) is 5.22. The molecule has 0 radical (unpaired) electrons. The molecule has 1 N–H and O–H groups in total. The highest BCUT2D eigenvalue weighted by atomic mass is 35.5. The minimum atomic E-state index is -0.786. The quantitative estimate of drug-likeness (QED) is 0.908. The molecule has 4 nitrogen and oxygen atoms in total. The Morgan fingerprint density at radius 2 is 2.00 bits per heavy atom. The van der Waals surface area contributed by atoms with E-state index in [1.54, 1.807) is 31.2 Å². The summed E-state index contributed by atoms with van der Waals surface area (Å²) < 4.78 is 23.7. The molecule has 0 heterocycles. The van der Waals surface area contributed by atoms with Crippen molar-refractivity contribution in [3.8, 4) is 11.5 Å². The van der Waals surface area contributed by atoms with Crippen molar-refractivity contribution in [2.45, 2.75) is 13.0 Å². The van der Waals surface area contributed by atoms with Gasteiger partial charge in [-0.2, -0.15) is 0 Å². The summed E-state index contributed by atoms with van der Waals surface area (Å²) in [6, 6.07) is 11.0. The number of hydrogen-bond acceptors (Lipinski definition) is 3. The molecule has 0 saturated heterocycles. The summed E-state index contributed by atoms with van der Waals surface area (Å²) in [5.41, 5.74) is 0.544. The van der Waals surface area contributed by atoms with Crippen LogP contribution >= 0.6 is 11.6 Å². The maximum absolute atomic E-state index is 13.1. The van der Waals surface area contributed by atoms with E-state index in [1.165, 1.54) is 25.3 Å². The summed E-state index contributed by atoms with van der Waals surface area (Å²) in [6.07, 6.45) is -0.786. The van der Waals surface area contributed by atoms with Gasteiger partial charge in [0.1, 0.15) is 17.3 Å². The van der Waals surface area contributed by atoms with Gasteiger partial charge in [-0.3, -0.25) is 4.79 Å². The van der Waals surface area contributed by atoms with Gasteiger partial charge in [-0.1, -0.05) is 23.7 Å². The first-order valence-corrected chi connectivity index (χ1v) is 6.94. The van der Waals surface area contributed by atoms with Crippen LogP contribution in [0.15, 0.2) is 42.5 Å². The summed E-state index contributed by atoms with van der Waals surface area (Å²) in [4.78, 5) is 12.1. The number of amides is 1. The Hall–Kier alpha value is -2.27. The molecule has 0 aliphatic carbocycles. The molecule has 2 aromatic rings. The van der Waals surface area contributed by atoms with E-state index in [1.807, 2.05) is 0 Å². The van der Waals surface area contributed by atoms with Crippen molar-refractivity contribution < 1.29 is 18.7 Å². The third kappa shape index (κ3) is 3.89. The van der Waals surface area contributed by atoms with Crippen molar-refractivity contribution in [1.82, 2.24) is 0 Å². The SMILES string of the molecule is COc1ccccc1NC(=O)[C@@H](C)Oc1ccc(F)c(Cl)c1. The second-order valence-corrected chi connectivity index (χ2v) is 4.93. The summed E-state index contributed by atoms with van der Waals surface area (Å²) in [6.45, 7) is 1.59. The fourth-order valence-electron chi connectivity index (χ4n) is 1.79. The van der Waals surface area contributed by atoms with Crippen LogP contribution in [0.25, 0.3) is 0 Å². The normalized spacial score (nSPS) is 11.6. The number of methoxy groups -OCH3 is 1. The monoisotopic (exact) mass is 323 g/mol. The molecule has 0 unspecified atom stereocenters. The number of halogens is 2. The molecule has 116 valence electrons. The highest BCUT2D eigenvalue weighted by molar-refractivity contribution is 6.30. The number of para-hydroxylation sites is 2. The van der Waals surface area contributed by atoms with Crippen molar-refractivity contribution in [3.05, 3.63) is 53.3 Å². The average molecular weight is 324 g/mol. The number of hydrogen-bond donors (Lipinski definition) is 1. The molecular formula is C16H15ClFNO3. The number of carbonyl (C=O) groups excluding carboxylic acids is 1. The van der Waals surface area contributed by atoms with Crippen LogP contribution in [-0.4, -0.2) is 19.1 Å². The number of rotatable bonds is 5. The largest absolute Gasteiger partial charge is 0.495 e. The maximum atomic E-state index is 13.1. The zero-order chi connectivity index (χ0) is 16.1. The second kappa shape index (κ2) is 7.13. The summed E-state index contributed by atoms with van der Waals surface area (Å²) in [7, 11) is 1.52. The molecule has 1 atom stereocenters. The lowest BCUT2D eigenvalue weighted by Crippen LogP contribution is -2.30. The minimum absolute atomic E-state index is 0.0603. The van der Waals surface area contributed by atoms with E-state index in [-0.39, 0.29) is 10.9 Å². The van der Waals surface area contributed by atoms with E-state index < -0.39 is 11.9 Å². The number of anilines is 1. The van der Waals surface area contributed by atoms with Crippen LogP contribution in [0.3, 0.4) is 0 Å². The lowest BCUT2D eigenvalue weighted by molar-refractivity contribution is -0.122. The number of nitrogens with one attached hydrogen (secondary N) is 1. The highest BCUT2D eigenvalue weighted by Crippen LogP contribution is 2.24. The van der Waals surface area contributed by atoms with Crippen molar-refractivity contribution in [1.29, 1.82) is 0 Å². The van der Waals surface area contributed by atoms with E-state index in [2.05, 4.69) is 5.32 Å². The van der Waals surface area contributed by atoms with Crippen LogP contribution in [0.1, 0.15) is 6.92 Å². The van der Waals surface area contributed by atoms with Gasteiger partial charge >= 0.3 is 0 Å². The summed E-state index contributed by atoms with van der Waals surface area (Å²) in [5.74, 6) is -0.0351. The first-order chi connectivity index (χ1) is 10.5. The fraction of sp³-hybridized carbons (Fsp3) is 0.188. The molecule has 6 heteroatoms. The van der Waals surface area contributed by atoms with Gasteiger partial charge in [-0.05, 0) is 31.2 Å². The van der Waals surface area contributed by atoms with E-state index in [0.29, 0.717) is 17.2 Å². The van der Waals surface area contributed by atoms with Gasteiger partial charge in [-0.15, -0.1) is 0 Å². The molecule has 0 saturated carbocycles. The minimum Gasteiger partial charge on any atom is -0.495 e. The van der Waals surface area contributed by atoms with Crippen LogP contribution in [0, 0.1) is 5.82 Å². The highest BCUT2D eigenvalue weighted by Gasteiger charge is 2.17. The second-order valence-electron chi connectivity index (χ2n) is 4.53. The van der Waals surface area contributed by atoms with Crippen molar-refractivity contribution in [2.75, 3.05) is 12.4 Å². The van der Waals surface area contributed by atoms with E-state index in [0.717, 1.165) is 0 Å². The lowest BCUT2D eigenvalue weighted by Gasteiger charge is -2.16. The zero-order valence-electron chi connectivity index (χ0n) is 12.1. The molecule has 2 aromatic carbocycles. The predicted octanol–water partition coefficient (Wildman–Crippen LogP) is 3.89. The smallest absolute Gasteiger partial charge is 0.265 e. The number of ether oxygens (including phenoxy) is 2. The van der Waals surface area contributed by atoms with Crippen molar-refractivity contribution in [3.63, 3.8) is 0 Å². The Balaban J connectivity index is 2.04. The van der Waals surface area contributed by atoms with Gasteiger partial charge in [0.25, 0.3) is 5.91 Å². The first-order valence-electron chi connectivity index (χ1n) is 6.57. The third-order valence-electron chi connectivity index (χ3n) is 2.94. The Morgan fingerprint density at radius 1 is 1.27 bits per heavy atom. The Morgan fingerprint density at radius 3 is 2.68 bits per heavy atom. The van der Waals surface area contributed by atoms with Crippen LogP contribution in [0.2, 0.25) is 5.02 Å². The fourth-order valence-corrected chi connectivity index (χ4v) is 1.96. The van der Waals surface area contributed by atoms with Crippen LogP contribution in [0.5, 0.6) is 11.5 Å². The molecule has 22 heavy (non-hydrogen) atoms. The topological polar surface area (TPSA) is 47.6 Å².